The number of urea groups is 1. The number of aryl methyl sites for hydroxylation is 2. The van der Waals surface area contributed by atoms with Gasteiger partial charge >= 0.3 is 6.03 Å². The maximum absolute atomic E-state index is 12.7. The van der Waals surface area contributed by atoms with E-state index in [0.29, 0.717) is 26.3 Å². The van der Waals surface area contributed by atoms with Gasteiger partial charge in [-0.2, -0.15) is 0 Å². The van der Waals surface area contributed by atoms with Crippen LogP contribution < -0.4 is 10.2 Å². The molecule has 0 bridgehead atoms. The van der Waals surface area contributed by atoms with Crippen molar-refractivity contribution in [3.05, 3.63) is 46.8 Å². The maximum Gasteiger partial charge on any atom is 0.322 e. The van der Waals surface area contributed by atoms with Crippen LogP contribution in [0.5, 0.6) is 0 Å². The van der Waals surface area contributed by atoms with Crippen LogP contribution in [-0.4, -0.2) is 53.7 Å². The Balaban J connectivity index is 1.46. The molecule has 7 nitrogen and oxygen atoms in total. The summed E-state index contributed by atoms with van der Waals surface area (Å²) in [5.74, 6) is 0.730. The van der Waals surface area contributed by atoms with Crippen LogP contribution in [0.2, 0.25) is 0 Å². The predicted molar refractivity (Wildman–Crippen MR) is 104 cm³/mol. The fourth-order valence-electron chi connectivity index (χ4n) is 3.40. The van der Waals surface area contributed by atoms with Crippen LogP contribution in [0.15, 0.2) is 24.4 Å². The second-order valence-corrected chi connectivity index (χ2v) is 7.14. The molecule has 7 heteroatoms. The molecule has 1 aromatic heterocycles. The van der Waals surface area contributed by atoms with Gasteiger partial charge in [0.25, 0.3) is 0 Å². The van der Waals surface area contributed by atoms with Gasteiger partial charge in [0.15, 0.2) is 0 Å². The normalized spacial score (nSPS) is 16.8. The first-order chi connectivity index (χ1) is 13.1. The zero-order valence-electron chi connectivity index (χ0n) is 15.9. The lowest BCUT2D eigenvalue weighted by molar-refractivity contribution is 0.122. The lowest BCUT2D eigenvalue weighted by Crippen LogP contribution is -2.40. The first-order valence-corrected chi connectivity index (χ1v) is 9.41. The Hall–Kier alpha value is -2.67. The molecule has 0 aliphatic carbocycles. The quantitative estimate of drug-likeness (QED) is 0.883. The van der Waals surface area contributed by atoms with E-state index in [1.54, 1.807) is 0 Å². The number of rotatable bonds is 2. The van der Waals surface area contributed by atoms with Gasteiger partial charge in [-0.3, -0.25) is 0 Å². The summed E-state index contributed by atoms with van der Waals surface area (Å²) in [5, 5.41) is 3.01. The molecule has 0 unspecified atom stereocenters. The minimum atomic E-state index is -0.0876. The van der Waals surface area contributed by atoms with Crippen LogP contribution >= 0.6 is 0 Å². The Labute approximate surface area is 159 Å². The van der Waals surface area contributed by atoms with Gasteiger partial charge in [-0.05, 0) is 49.1 Å². The third-order valence-corrected chi connectivity index (χ3v) is 5.27. The molecule has 0 spiro atoms. The molecule has 0 radical (unpaired) electrons. The minimum Gasteiger partial charge on any atom is -0.378 e. The average Bonchev–Trinajstić information content (AvgIpc) is 2.70. The van der Waals surface area contributed by atoms with Crippen molar-refractivity contribution in [2.75, 3.05) is 43.1 Å². The number of carbonyl (C=O) groups excluding carboxylic acids is 1. The van der Waals surface area contributed by atoms with E-state index in [9.17, 15) is 4.79 Å². The standard InChI is InChI=1S/C20H25N5O2/c1-14-3-4-17(11-15(14)2)22-20(26)25-6-5-16-12-21-19(23-18(16)13-25)24-7-9-27-10-8-24/h3-4,11-12H,5-10,13H2,1-2H3,(H,22,26). The van der Waals surface area contributed by atoms with Crippen molar-refractivity contribution in [3.63, 3.8) is 0 Å². The van der Waals surface area contributed by atoms with Crippen LogP contribution in [-0.2, 0) is 17.7 Å². The predicted octanol–water partition coefficient (Wildman–Crippen LogP) is 2.52. The SMILES string of the molecule is Cc1ccc(NC(=O)N2CCc3cnc(N4CCOCC4)nc3C2)cc1C. The van der Waals surface area contributed by atoms with E-state index >= 15 is 0 Å². The average molecular weight is 367 g/mol. The fraction of sp³-hybridized carbons (Fsp3) is 0.450. The molecule has 2 aliphatic rings. The van der Waals surface area contributed by atoms with E-state index in [0.717, 1.165) is 42.4 Å². The van der Waals surface area contributed by atoms with Crippen LogP contribution in [0.1, 0.15) is 22.4 Å². The third kappa shape index (κ3) is 3.88. The molecule has 0 atom stereocenters. The van der Waals surface area contributed by atoms with Gasteiger partial charge in [0.2, 0.25) is 5.95 Å². The number of hydrogen-bond acceptors (Lipinski definition) is 5. The lowest BCUT2D eigenvalue weighted by atomic mass is 10.1. The molecular formula is C20H25N5O2. The summed E-state index contributed by atoms with van der Waals surface area (Å²) in [7, 11) is 0. The summed E-state index contributed by atoms with van der Waals surface area (Å²) in [5.41, 5.74) is 5.27. The number of nitrogens with zero attached hydrogens (tertiary/aromatic N) is 4. The number of aromatic nitrogens is 2. The van der Waals surface area contributed by atoms with E-state index in [2.05, 4.69) is 22.1 Å². The molecule has 0 saturated carbocycles. The maximum atomic E-state index is 12.7. The highest BCUT2D eigenvalue weighted by atomic mass is 16.5. The van der Waals surface area contributed by atoms with Gasteiger partial charge in [0.1, 0.15) is 0 Å². The Morgan fingerprint density at radius 1 is 1.15 bits per heavy atom. The van der Waals surface area contributed by atoms with Crippen LogP contribution in [0.3, 0.4) is 0 Å². The Bertz CT molecular complexity index is 848. The first-order valence-electron chi connectivity index (χ1n) is 9.41. The van der Waals surface area contributed by atoms with Gasteiger partial charge in [0.05, 0.1) is 25.5 Å². The van der Waals surface area contributed by atoms with Crippen LogP contribution in [0.4, 0.5) is 16.4 Å². The Morgan fingerprint density at radius 3 is 2.74 bits per heavy atom. The van der Waals surface area contributed by atoms with Gasteiger partial charge in [-0.15, -0.1) is 0 Å². The van der Waals surface area contributed by atoms with E-state index < -0.39 is 0 Å². The molecule has 2 aromatic rings. The fourth-order valence-corrected chi connectivity index (χ4v) is 3.40. The first kappa shape index (κ1) is 17.7. The molecule has 1 fully saturated rings. The number of nitrogens with one attached hydrogen (secondary N) is 1. The third-order valence-electron chi connectivity index (χ3n) is 5.27. The highest BCUT2D eigenvalue weighted by Crippen LogP contribution is 2.21. The molecule has 2 amide bonds. The summed E-state index contributed by atoms with van der Waals surface area (Å²) in [6.07, 6.45) is 2.69. The molecule has 2 aliphatic heterocycles. The molecule has 1 N–H and O–H groups in total. The van der Waals surface area contributed by atoms with Crippen LogP contribution in [0, 0.1) is 13.8 Å². The zero-order valence-corrected chi connectivity index (χ0v) is 15.9. The Morgan fingerprint density at radius 2 is 1.96 bits per heavy atom. The topological polar surface area (TPSA) is 70.6 Å². The van der Waals surface area contributed by atoms with E-state index in [4.69, 9.17) is 9.72 Å². The van der Waals surface area contributed by atoms with Gasteiger partial charge in [0, 0.05) is 31.5 Å². The van der Waals surface area contributed by atoms with Crippen molar-refractivity contribution in [1.82, 2.24) is 14.9 Å². The second kappa shape index (κ2) is 7.52. The number of ether oxygens (including phenoxy) is 1. The molecule has 1 saturated heterocycles. The van der Waals surface area contributed by atoms with Crippen molar-refractivity contribution >= 4 is 17.7 Å². The van der Waals surface area contributed by atoms with E-state index in [1.807, 2.05) is 36.2 Å². The Kier molecular flexibility index (Phi) is 4.94. The highest BCUT2D eigenvalue weighted by molar-refractivity contribution is 5.89. The molecule has 1 aromatic carbocycles. The number of morpholine rings is 1. The van der Waals surface area contributed by atoms with Crippen molar-refractivity contribution in [2.24, 2.45) is 0 Å². The molecule has 27 heavy (non-hydrogen) atoms. The van der Waals surface area contributed by atoms with Gasteiger partial charge in [-0.25, -0.2) is 14.8 Å². The molecule has 3 heterocycles. The summed E-state index contributed by atoms with van der Waals surface area (Å²) >= 11 is 0. The van der Waals surface area contributed by atoms with Crippen molar-refractivity contribution in [1.29, 1.82) is 0 Å². The summed E-state index contributed by atoms with van der Waals surface area (Å²) < 4.78 is 5.40. The largest absolute Gasteiger partial charge is 0.378 e. The number of anilines is 2. The van der Waals surface area contributed by atoms with Crippen molar-refractivity contribution in [2.45, 2.75) is 26.8 Å². The van der Waals surface area contributed by atoms with Gasteiger partial charge < -0.3 is 19.9 Å². The van der Waals surface area contributed by atoms with Crippen molar-refractivity contribution < 1.29 is 9.53 Å². The number of amides is 2. The minimum absolute atomic E-state index is 0.0876. The number of carbonyl (C=O) groups is 1. The zero-order chi connectivity index (χ0) is 18.8. The monoisotopic (exact) mass is 367 g/mol. The summed E-state index contributed by atoms with van der Waals surface area (Å²) in [6.45, 7) is 8.29. The van der Waals surface area contributed by atoms with Gasteiger partial charge in [-0.1, -0.05) is 6.07 Å². The number of hydrogen-bond donors (Lipinski definition) is 1. The summed E-state index contributed by atoms with van der Waals surface area (Å²) in [4.78, 5) is 25.9. The highest BCUT2D eigenvalue weighted by Gasteiger charge is 2.24. The second-order valence-electron chi connectivity index (χ2n) is 7.14. The molecular weight excluding hydrogens is 342 g/mol. The molecule has 142 valence electrons. The molecule has 4 rings (SSSR count). The van der Waals surface area contributed by atoms with Crippen LogP contribution in [0.25, 0.3) is 0 Å². The lowest BCUT2D eigenvalue weighted by Gasteiger charge is -2.30. The number of benzene rings is 1. The van der Waals surface area contributed by atoms with E-state index in [1.165, 1.54) is 11.1 Å². The number of fused-ring (bicyclic) bond motifs is 1. The van der Waals surface area contributed by atoms with E-state index in [-0.39, 0.29) is 6.03 Å². The van der Waals surface area contributed by atoms with Crippen molar-refractivity contribution in [3.8, 4) is 0 Å². The summed E-state index contributed by atoms with van der Waals surface area (Å²) in [6, 6.07) is 5.88. The smallest absolute Gasteiger partial charge is 0.322 e.